The third kappa shape index (κ3) is 3.30. The van der Waals surface area contributed by atoms with Crippen LogP contribution in [0.4, 0.5) is 24.7 Å². The van der Waals surface area contributed by atoms with Gasteiger partial charge < -0.3 is 5.32 Å². The summed E-state index contributed by atoms with van der Waals surface area (Å²) in [6.45, 7) is 0. The van der Waals surface area contributed by atoms with Crippen LogP contribution >= 0.6 is 0 Å². The highest BCUT2D eigenvalue weighted by Gasteiger charge is 2.30. The molecule has 0 aromatic carbocycles. The lowest BCUT2D eigenvalue weighted by Crippen LogP contribution is -2.07. The topological polar surface area (TPSA) is 92.3 Å². The fraction of sp³-hybridized carbons (Fsp3) is 0.0714. The van der Waals surface area contributed by atoms with Crippen LogP contribution in [0.3, 0.4) is 0 Å². The van der Waals surface area contributed by atoms with E-state index in [9.17, 15) is 13.2 Å². The molecule has 3 aromatic heterocycles. The minimum absolute atomic E-state index is 0.196. The predicted molar refractivity (Wildman–Crippen MR) is 76.4 cm³/mol. The van der Waals surface area contributed by atoms with Gasteiger partial charge in [0.05, 0.1) is 23.6 Å². The van der Waals surface area contributed by atoms with E-state index >= 15 is 0 Å². The molecule has 3 aromatic rings. The van der Waals surface area contributed by atoms with Crippen LogP contribution in [0.25, 0.3) is 5.82 Å². The largest absolute Gasteiger partial charge is 0.417 e. The van der Waals surface area contributed by atoms with Crippen LogP contribution in [0.1, 0.15) is 11.3 Å². The van der Waals surface area contributed by atoms with E-state index in [1.807, 2.05) is 6.07 Å². The van der Waals surface area contributed by atoms with E-state index in [1.165, 1.54) is 29.2 Å². The molecule has 0 saturated heterocycles. The maximum Gasteiger partial charge on any atom is 0.417 e. The first kappa shape index (κ1) is 15.4. The van der Waals surface area contributed by atoms with E-state index in [4.69, 9.17) is 5.26 Å². The maximum absolute atomic E-state index is 12.5. The van der Waals surface area contributed by atoms with Crippen molar-refractivity contribution in [3.8, 4) is 11.9 Å². The molecule has 3 heterocycles. The van der Waals surface area contributed by atoms with Crippen molar-refractivity contribution in [2.45, 2.75) is 6.18 Å². The zero-order valence-corrected chi connectivity index (χ0v) is 11.9. The Morgan fingerprint density at radius 1 is 1.08 bits per heavy atom. The summed E-state index contributed by atoms with van der Waals surface area (Å²) in [6.07, 6.45) is -0.792. The van der Waals surface area contributed by atoms with Crippen LogP contribution in [-0.2, 0) is 6.18 Å². The number of nitrogens with zero attached hydrogens (tertiary/aromatic N) is 6. The molecule has 0 spiro atoms. The van der Waals surface area contributed by atoms with Crippen LogP contribution < -0.4 is 5.32 Å². The molecule has 0 fully saturated rings. The standard InChI is InChI=1S/C14H8F3N7/c15-14(16,17)9-1-4-13(20-6-9)24-8-12(22-23-24)21-11-3-2-10(5-18)19-7-11/h1-4,6-8,21H. The van der Waals surface area contributed by atoms with Crippen molar-refractivity contribution < 1.29 is 13.2 Å². The molecule has 0 saturated carbocycles. The third-order valence-corrected chi connectivity index (χ3v) is 2.95. The van der Waals surface area contributed by atoms with Gasteiger partial charge in [-0.1, -0.05) is 5.21 Å². The first-order chi connectivity index (χ1) is 11.5. The summed E-state index contributed by atoms with van der Waals surface area (Å²) >= 11 is 0. The van der Waals surface area contributed by atoms with E-state index in [-0.39, 0.29) is 11.5 Å². The molecule has 0 aliphatic rings. The highest BCUT2D eigenvalue weighted by molar-refractivity contribution is 5.54. The Morgan fingerprint density at radius 3 is 2.50 bits per heavy atom. The van der Waals surface area contributed by atoms with E-state index in [0.717, 1.165) is 12.3 Å². The summed E-state index contributed by atoms with van der Waals surface area (Å²) in [5.41, 5.74) is 0.0213. The van der Waals surface area contributed by atoms with Crippen molar-refractivity contribution >= 4 is 11.5 Å². The molecular weight excluding hydrogens is 323 g/mol. The molecule has 1 N–H and O–H groups in total. The molecule has 0 aliphatic heterocycles. The van der Waals surface area contributed by atoms with Gasteiger partial charge in [0.25, 0.3) is 0 Å². The normalized spacial score (nSPS) is 11.1. The van der Waals surface area contributed by atoms with Gasteiger partial charge in [0.15, 0.2) is 11.6 Å². The number of nitrogens with one attached hydrogen (secondary N) is 1. The molecule has 0 unspecified atom stereocenters. The molecular formula is C14H8F3N7. The van der Waals surface area contributed by atoms with Gasteiger partial charge >= 0.3 is 6.18 Å². The molecule has 0 aliphatic carbocycles. The molecule has 24 heavy (non-hydrogen) atoms. The molecule has 0 bridgehead atoms. The second-order valence-electron chi connectivity index (χ2n) is 4.62. The van der Waals surface area contributed by atoms with Crippen LogP contribution in [0, 0.1) is 11.3 Å². The van der Waals surface area contributed by atoms with Crippen molar-refractivity contribution in [2.75, 3.05) is 5.32 Å². The molecule has 0 atom stereocenters. The van der Waals surface area contributed by atoms with Gasteiger partial charge in [0.1, 0.15) is 11.8 Å². The SMILES string of the molecule is N#Cc1ccc(Nc2cn(-c3ccc(C(F)(F)F)cn3)nn2)cn1. The van der Waals surface area contributed by atoms with Gasteiger partial charge in [-0.15, -0.1) is 5.10 Å². The average Bonchev–Trinajstić information content (AvgIpc) is 3.03. The zero-order chi connectivity index (χ0) is 17.2. The Labute approximate surface area is 133 Å². The van der Waals surface area contributed by atoms with E-state index < -0.39 is 11.7 Å². The highest BCUT2D eigenvalue weighted by atomic mass is 19.4. The molecule has 10 heteroatoms. The Bertz CT molecular complexity index is 876. The Balaban J connectivity index is 1.76. The fourth-order valence-electron chi connectivity index (χ4n) is 1.80. The number of hydrogen-bond donors (Lipinski definition) is 1. The van der Waals surface area contributed by atoms with Gasteiger partial charge in [-0.05, 0) is 24.3 Å². The number of aromatic nitrogens is 5. The summed E-state index contributed by atoms with van der Waals surface area (Å²) in [5, 5.41) is 19.2. The Hall–Kier alpha value is -3.48. The molecule has 7 nitrogen and oxygen atoms in total. The third-order valence-electron chi connectivity index (χ3n) is 2.95. The number of anilines is 2. The van der Waals surface area contributed by atoms with Crippen molar-refractivity contribution in [1.82, 2.24) is 25.0 Å². The molecule has 0 radical (unpaired) electrons. The summed E-state index contributed by atoms with van der Waals surface area (Å²) in [6, 6.07) is 7.19. The first-order valence-corrected chi connectivity index (χ1v) is 6.55. The summed E-state index contributed by atoms with van der Waals surface area (Å²) in [4.78, 5) is 7.62. The fourth-order valence-corrected chi connectivity index (χ4v) is 1.80. The number of hydrogen-bond acceptors (Lipinski definition) is 6. The molecule has 120 valence electrons. The smallest absolute Gasteiger partial charge is 0.336 e. The monoisotopic (exact) mass is 331 g/mol. The summed E-state index contributed by atoms with van der Waals surface area (Å²) < 4.78 is 38.8. The van der Waals surface area contributed by atoms with Crippen molar-refractivity contribution in [2.24, 2.45) is 0 Å². The van der Waals surface area contributed by atoms with Gasteiger partial charge in [0.2, 0.25) is 0 Å². The van der Waals surface area contributed by atoms with Gasteiger partial charge in [0, 0.05) is 6.20 Å². The van der Waals surface area contributed by atoms with Crippen LogP contribution in [0.15, 0.2) is 42.9 Å². The maximum atomic E-state index is 12.5. The second kappa shape index (κ2) is 5.96. The lowest BCUT2D eigenvalue weighted by molar-refractivity contribution is -0.137. The average molecular weight is 331 g/mol. The Kier molecular flexibility index (Phi) is 3.83. The van der Waals surface area contributed by atoms with Crippen LogP contribution in [0.5, 0.6) is 0 Å². The highest BCUT2D eigenvalue weighted by Crippen LogP contribution is 2.28. The number of pyridine rings is 2. The molecule has 3 rings (SSSR count). The van der Waals surface area contributed by atoms with Crippen LogP contribution in [0.2, 0.25) is 0 Å². The predicted octanol–water partition coefficient (Wildman–Crippen LogP) is 2.69. The first-order valence-electron chi connectivity index (χ1n) is 6.55. The van der Waals surface area contributed by atoms with Gasteiger partial charge in [-0.2, -0.15) is 18.4 Å². The summed E-state index contributed by atoms with van der Waals surface area (Å²) in [7, 11) is 0. The lowest BCUT2D eigenvalue weighted by Gasteiger charge is -2.06. The number of rotatable bonds is 3. The minimum Gasteiger partial charge on any atom is -0.336 e. The van der Waals surface area contributed by atoms with E-state index in [2.05, 4.69) is 25.6 Å². The van der Waals surface area contributed by atoms with Crippen LogP contribution in [-0.4, -0.2) is 25.0 Å². The number of nitriles is 1. The van der Waals surface area contributed by atoms with Crippen molar-refractivity contribution in [1.29, 1.82) is 5.26 Å². The molecule has 0 amide bonds. The minimum atomic E-state index is -4.44. The lowest BCUT2D eigenvalue weighted by atomic mass is 10.3. The van der Waals surface area contributed by atoms with Crippen molar-refractivity contribution in [3.63, 3.8) is 0 Å². The number of halogens is 3. The zero-order valence-electron chi connectivity index (χ0n) is 11.9. The summed E-state index contributed by atoms with van der Waals surface area (Å²) in [5.74, 6) is 0.546. The second-order valence-corrected chi connectivity index (χ2v) is 4.62. The quantitative estimate of drug-likeness (QED) is 0.793. The van der Waals surface area contributed by atoms with E-state index in [1.54, 1.807) is 6.07 Å². The van der Waals surface area contributed by atoms with Gasteiger partial charge in [-0.25, -0.2) is 14.6 Å². The number of alkyl halides is 3. The van der Waals surface area contributed by atoms with E-state index in [0.29, 0.717) is 11.5 Å². The van der Waals surface area contributed by atoms with Crippen molar-refractivity contribution in [3.05, 3.63) is 54.1 Å². The van der Waals surface area contributed by atoms with Gasteiger partial charge in [-0.3, -0.25) is 0 Å². The Morgan fingerprint density at radius 2 is 1.92 bits per heavy atom.